The number of carbonyl (C=O) groups is 2. The second-order valence-electron chi connectivity index (χ2n) is 11.9. The number of nitrogens with one attached hydrogen (secondary N) is 1. The van der Waals surface area contributed by atoms with Gasteiger partial charge < -0.3 is 23.8 Å². The Labute approximate surface area is 247 Å². The number of likely N-dealkylation sites (tertiary alicyclic amines) is 1. The summed E-state index contributed by atoms with van der Waals surface area (Å²) in [5, 5.41) is 11.0. The highest BCUT2D eigenvalue weighted by Gasteiger charge is 2.38. The van der Waals surface area contributed by atoms with E-state index in [2.05, 4.69) is 20.5 Å². The molecule has 2 atom stereocenters. The molecule has 2 amide bonds. The van der Waals surface area contributed by atoms with Crippen molar-refractivity contribution in [1.29, 1.82) is 0 Å². The molecule has 10 nitrogen and oxygen atoms in total. The quantitative estimate of drug-likeness (QED) is 0.266. The molecule has 1 aliphatic heterocycles. The van der Waals surface area contributed by atoms with Gasteiger partial charge in [-0.2, -0.15) is 0 Å². The largest absolute Gasteiger partial charge is 0.446 e. The van der Waals surface area contributed by atoms with Crippen LogP contribution in [0.25, 0.3) is 11.5 Å². The summed E-state index contributed by atoms with van der Waals surface area (Å²) < 4.78 is 45.6. The molecule has 12 heteroatoms. The fourth-order valence-corrected chi connectivity index (χ4v) is 5.05. The lowest BCUT2D eigenvalue weighted by atomic mass is 9.92. The van der Waals surface area contributed by atoms with Crippen LogP contribution >= 0.6 is 0 Å². The third-order valence-corrected chi connectivity index (χ3v) is 7.02. The molecule has 2 aromatic heterocycles. The molecule has 5 rings (SSSR count). The van der Waals surface area contributed by atoms with Crippen molar-refractivity contribution in [3.8, 4) is 11.5 Å². The van der Waals surface area contributed by atoms with Gasteiger partial charge in [0.1, 0.15) is 35.1 Å². The minimum absolute atomic E-state index is 0.0346. The fourth-order valence-electron chi connectivity index (χ4n) is 5.05. The predicted octanol–water partition coefficient (Wildman–Crippen LogP) is 6.27. The van der Waals surface area contributed by atoms with Gasteiger partial charge in [0.15, 0.2) is 0 Å². The monoisotopic (exact) mass is 593 g/mol. The normalized spacial score (nSPS) is 16.6. The van der Waals surface area contributed by atoms with Gasteiger partial charge in [-0.05, 0) is 83.4 Å². The highest BCUT2D eigenvalue weighted by atomic mass is 19.1. The van der Waals surface area contributed by atoms with Crippen LogP contribution in [0.1, 0.15) is 80.0 Å². The first-order chi connectivity index (χ1) is 20.3. The highest BCUT2D eigenvalue weighted by molar-refractivity contribution is 5.95. The van der Waals surface area contributed by atoms with Crippen LogP contribution in [0, 0.1) is 18.6 Å². The van der Waals surface area contributed by atoms with Crippen LogP contribution in [0.15, 0.2) is 57.6 Å². The second-order valence-corrected chi connectivity index (χ2v) is 11.9. The average Bonchev–Trinajstić information content (AvgIpc) is 3.70. The van der Waals surface area contributed by atoms with E-state index in [1.165, 1.54) is 30.3 Å². The lowest BCUT2D eigenvalue weighted by Crippen LogP contribution is -2.47. The van der Waals surface area contributed by atoms with E-state index in [0.29, 0.717) is 24.4 Å². The second kappa shape index (κ2) is 11.6. The summed E-state index contributed by atoms with van der Waals surface area (Å²) in [6.45, 7) is 9.13. The third-order valence-electron chi connectivity index (χ3n) is 7.02. The average molecular weight is 594 g/mol. The number of amides is 2. The molecule has 3 heterocycles. The van der Waals surface area contributed by atoms with Crippen molar-refractivity contribution in [3.63, 3.8) is 0 Å². The SMILES string of the molecule is Cc1coc([C@H]2CCCN2C(=O)c2ccc(F)c(-c3nnc([C@@](C)(Cc4ccc(F)cc4)NC(=O)OC(C)(C)C)o3)c2)n1. The maximum Gasteiger partial charge on any atom is 0.408 e. The molecule has 1 N–H and O–H groups in total. The molecule has 226 valence electrons. The Morgan fingerprint density at radius 2 is 1.84 bits per heavy atom. The maximum atomic E-state index is 15.1. The smallest absolute Gasteiger partial charge is 0.408 e. The van der Waals surface area contributed by atoms with E-state index in [4.69, 9.17) is 13.6 Å². The Kier molecular flexibility index (Phi) is 8.04. The summed E-state index contributed by atoms with van der Waals surface area (Å²) in [6.07, 6.45) is 2.41. The molecule has 2 aromatic carbocycles. The van der Waals surface area contributed by atoms with Crippen LogP contribution in [0.5, 0.6) is 0 Å². The van der Waals surface area contributed by atoms with Gasteiger partial charge in [-0.25, -0.2) is 18.6 Å². The van der Waals surface area contributed by atoms with Gasteiger partial charge in [0.25, 0.3) is 11.8 Å². The first-order valence-electron chi connectivity index (χ1n) is 13.9. The Bertz CT molecular complexity index is 1630. The molecule has 43 heavy (non-hydrogen) atoms. The van der Waals surface area contributed by atoms with Gasteiger partial charge in [-0.15, -0.1) is 10.2 Å². The van der Waals surface area contributed by atoms with E-state index in [1.54, 1.807) is 51.0 Å². The van der Waals surface area contributed by atoms with E-state index in [1.807, 2.05) is 6.92 Å². The number of aryl methyl sites for hydroxylation is 1. The number of hydrogen-bond donors (Lipinski definition) is 1. The van der Waals surface area contributed by atoms with Gasteiger partial charge in [0.05, 0.1) is 11.3 Å². The number of alkyl carbamates (subject to hydrolysis) is 1. The van der Waals surface area contributed by atoms with Crippen LogP contribution in [0.4, 0.5) is 13.6 Å². The lowest BCUT2D eigenvalue weighted by molar-refractivity contribution is 0.0443. The van der Waals surface area contributed by atoms with Crippen molar-refractivity contribution < 1.29 is 31.9 Å². The van der Waals surface area contributed by atoms with Gasteiger partial charge in [0.2, 0.25) is 11.8 Å². The van der Waals surface area contributed by atoms with Crippen LogP contribution in [0.2, 0.25) is 0 Å². The summed E-state index contributed by atoms with van der Waals surface area (Å²) in [4.78, 5) is 32.4. The molecule has 4 aromatic rings. The Morgan fingerprint density at radius 1 is 1.09 bits per heavy atom. The molecule has 0 saturated carbocycles. The summed E-state index contributed by atoms with van der Waals surface area (Å²) >= 11 is 0. The number of nitrogens with zero attached hydrogens (tertiary/aromatic N) is 4. The first kappa shape index (κ1) is 29.9. The molecular weight excluding hydrogens is 560 g/mol. The van der Waals surface area contributed by atoms with Crippen LogP contribution in [-0.2, 0) is 16.7 Å². The Balaban J connectivity index is 1.44. The van der Waals surface area contributed by atoms with Crippen molar-refractivity contribution >= 4 is 12.0 Å². The Morgan fingerprint density at radius 3 is 2.51 bits per heavy atom. The van der Waals surface area contributed by atoms with Crippen molar-refractivity contribution in [2.75, 3.05) is 6.54 Å². The number of carbonyl (C=O) groups excluding carboxylic acids is 2. The molecule has 1 saturated heterocycles. The molecule has 0 radical (unpaired) electrons. The van der Waals surface area contributed by atoms with E-state index in [-0.39, 0.29) is 41.3 Å². The van der Waals surface area contributed by atoms with Crippen molar-refractivity contribution in [2.45, 2.75) is 71.1 Å². The van der Waals surface area contributed by atoms with Crippen LogP contribution < -0.4 is 5.32 Å². The van der Waals surface area contributed by atoms with E-state index in [0.717, 1.165) is 12.1 Å². The number of oxazole rings is 1. The molecule has 0 aliphatic carbocycles. The fraction of sp³-hybridized carbons (Fsp3) is 0.387. The molecule has 1 aliphatic rings. The van der Waals surface area contributed by atoms with Crippen molar-refractivity contribution in [3.05, 3.63) is 89.0 Å². The minimum Gasteiger partial charge on any atom is -0.446 e. The number of hydrogen-bond acceptors (Lipinski definition) is 8. The first-order valence-corrected chi connectivity index (χ1v) is 13.9. The number of ether oxygens (including phenoxy) is 1. The third kappa shape index (κ3) is 6.73. The summed E-state index contributed by atoms with van der Waals surface area (Å²) in [6, 6.07) is 9.35. The predicted molar refractivity (Wildman–Crippen MR) is 151 cm³/mol. The topological polar surface area (TPSA) is 124 Å². The molecule has 0 unspecified atom stereocenters. The molecular formula is C31H33F2N5O5. The van der Waals surface area contributed by atoms with Crippen LogP contribution in [-0.4, -0.2) is 44.2 Å². The number of benzene rings is 2. The summed E-state index contributed by atoms with van der Waals surface area (Å²) in [5.41, 5.74) is -0.553. The van der Waals surface area contributed by atoms with Gasteiger partial charge >= 0.3 is 6.09 Å². The van der Waals surface area contributed by atoms with E-state index >= 15 is 4.39 Å². The highest BCUT2D eigenvalue weighted by Crippen LogP contribution is 2.34. The van der Waals surface area contributed by atoms with Gasteiger partial charge in [-0.3, -0.25) is 4.79 Å². The summed E-state index contributed by atoms with van der Waals surface area (Å²) in [5.74, 6) is -1.15. The molecule has 0 spiro atoms. The Hall–Kier alpha value is -4.61. The maximum absolute atomic E-state index is 15.1. The number of halogens is 2. The van der Waals surface area contributed by atoms with Crippen LogP contribution in [0.3, 0.4) is 0 Å². The molecule has 1 fully saturated rings. The number of aromatic nitrogens is 3. The number of rotatable bonds is 7. The standard InChI is InChI=1S/C31H33F2N5O5/c1-18-17-41-26(34-18)24-7-6-14-38(24)27(39)20-10-13-23(33)22(15-20)25-36-37-28(42-25)31(5,35-29(40)43-30(2,3)4)16-19-8-11-21(32)12-9-19/h8-13,15,17,24H,6-7,14,16H2,1-5H3,(H,35,40)/t24-,31-/m1/s1. The summed E-state index contributed by atoms with van der Waals surface area (Å²) in [7, 11) is 0. The zero-order valence-electron chi connectivity index (χ0n) is 24.6. The van der Waals surface area contributed by atoms with E-state index < -0.39 is 28.9 Å². The van der Waals surface area contributed by atoms with Crippen molar-refractivity contribution in [1.82, 2.24) is 25.4 Å². The minimum atomic E-state index is -1.31. The van der Waals surface area contributed by atoms with Gasteiger partial charge in [0, 0.05) is 18.5 Å². The lowest BCUT2D eigenvalue weighted by Gasteiger charge is -2.29. The van der Waals surface area contributed by atoms with Gasteiger partial charge in [-0.1, -0.05) is 12.1 Å². The zero-order chi connectivity index (χ0) is 30.9. The van der Waals surface area contributed by atoms with E-state index in [9.17, 15) is 14.0 Å². The van der Waals surface area contributed by atoms with Crippen molar-refractivity contribution in [2.24, 2.45) is 0 Å². The zero-order valence-corrected chi connectivity index (χ0v) is 24.6. The molecule has 0 bridgehead atoms.